The Morgan fingerprint density at radius 2 is 1.76 bits per heavy atom. The molecule has 0 atom stereocenters. The maximum Gasteiger partial charge on any atom is 0.277 e. The highest BCUT2D eigenvalue weighted by Gasteiger charge is 2.43. The first-order chi connectivity index (χ1) is 14.0. The number of para-hydroxylation sites is 2. The van der Waals surface area contributed by atoms with Gasteiger partial charge in [0, 0.05) is 11.1 Å². The second kappa shape index (κ2) is 7.72. The van der Waals surface area contributed by atoms with Crippen LogP contribution in [0.1, 0.15) is 29.6 Å². The van der Waals surface area contributed by atoms with E-state index in [9.17, 15) is 14.4 Å². The first-order valence-corrected chi connectivity index (χ1v) is 9.72. The van der Waals surface area contributed by atoms with Gasteiger partial charge in [0.05, 0.1) is 18.5 Å². The van der Waals surface area contributed by atoms with Crippen LogP contribution >= 0.6 is 11.6 Å². The Labute approximate surface area is 173 Å². The Bertz CT molecular complexity index is 1030. The zero-order chi connectivity index (χ0) is 20.5. The summed E-state index contributed by atoms with van der Waals surface area (Å²) in [5.41, 5.74) is 1.74. The molecule has 1 N–H and O–H groups in total. The van der Waals surface area contributed by atoms with Crippen LogP contribution in [0.4, 0.5) is 11.4 Å². The summed E-state index contributed by atoms with van der Waals surface area (Å²) < 4.78 is 5.23. The van der Waals surface area contributed by atoms with Crippen molar-refractivity contribution in [2.75, 3.05) is 17.3 Å². The van der Waals surface area contributed by atoms with Crippen LogP contribution in [0.15, 0.2) is 59.1 Å². The van der Waals surface area contributed by atoms with Gasteiger partial charge in [-0.15, -0.1) is 0 Å². The standard InChI is InChI=1S/C22H19ClN2O4/c1-29-17-8-3-2-7-16(17)24-20(26)14-9-11-15(12-10-14)25-21(27)18(13-5-4-6-13)19(23)22(25)28/h2-3,7-13H,4-6H2,1H3,(H,24,26). The average molecular weight is 411 g/mol. The molecule has 2 aliphatic rings. The summed E-state index contributed by atoms with van der Waals surface area (Å²) in [5.74, 6) is -0.586. The van der Waals surface area contributed by atoms with E-state index >= 15 is 0 Å². The van der Waals surface area contributed by atoms with E-state index in [0.717, 1.165) is 24.2 Å². The summed E-state index contributed by atoms with van der Waals surface area (Å²) in [6.07, 6.45) is 2.79. The minimum Gasteiger partial charge on any atom is -0.495 e. The molecule has 1 heterocycles. The number of hydrogen-bond acceptors (Lipinski definition) is 4. The number of halogens is 1. The van der Waals surface area contributed by atoms with Crippen molar-refractivity contribution in [2.24, 2.45) is 5.92 Å². The molecular formula is C22H19ClN2O4. The molecule has 0 bridgehead atoms. The SMILES string of the molecule is COc1ccccc1NC(=O)c1ccc(N2C(=O)C(Cl)=C(C3CCC3)C2=O)cc1. The van der Waals surface area contributed by atoms with Crippen molar-refractivity contribution in [1.82, 2.24) is 0 Å². The van der Waals surface area contributed by atoms with Crippen molar-refractivity contribution >= 4 is 40.7 Å². The van der Waals surface area contributed by atoms with Crippen LogP contribution in [0.5, 0.6) is 5.75 Å². The molecule has 7 heteroatoms. The fourth-order valence-electron chi connectivity index (χ4n) is 3.51. The van der Waals surface area contributed by atoms with E-state index < -0.39 is 5.91 Å². The number of imide groups is 1. The van der Waals surface area contributed by atoms with Crippen molar-refractivity contribution in [1.29, 1.82) is 0 Å². The third kappa shape index (κ3) is 3.40. The number of benzene rings is 2. The summed E-state index contributed by atoms with van der Waals surface area (Å²) in [7, 11) is 1.53. The summed E-state index contributed by atoms with van der Waals surface area (Å²) in [5, 5.41) is 2.80. The first kappa shape index (κ1) is 19.2. The number of anilines is 2. The quantitative estimate of drug-likeness (QED) is 0.752. The Balaban J connectivity index is 1.52. The van der Waals surface area contributed by atoms with Gasteiger partial charge in [-0.1, -0.05) is 30.2 Å². The predicted molar refractivity (Wildman–Crippen MR) is 110 cm³/mol. The van der Waals surface area contributed by atoms with Crippen LogP contribution in [0.25, 0.3) is 0 Å². The van der Waals surface area contributed by atoms with Crippen molar-refractivity contribution in [3.05, 3.63) is 64.7 Å². The molecule has 148 valence electrons. The monoisotopic (exact) mass is 410 g/mol. The van der Waals surface area contributed by atoms with Crippen LogP contribution in [-0.2, 0) is 9.59 Å². The maximum atomic E-state index is 12.8. The van der Waals surface area contributed by atoms with Gasteiger partial charge in [-0.05, 0) is 55.2 Å². The summed E-state index contributed by atoms with van der Waals surface area (Å²) >= 11 is 6.17. The minimum absolute atomic E-state index is 0.0118. The number of nitrogens with one attached hydrogen (secondary N) is 1. The number of rotatable bonds is 5. The lowest BCUT2D eigenvalue weighted by Gasteiger charge is -2.26. The number of hydrogen-bond donors (Lipinski definition) is 1. The highest BCUT2D eigenvalue weighted by molar-refractivity contribution is 6.52. The molecule has 0 radical (unpaired) electrons. The fraction of sp³-hybridized carbons (Fsp3) is 0.227. The zero-order valence-electron chi connectivity index (χ0n) is 15.8. The number of methoxy groups -OCH3 is 1. The van der Waals surface area contributed by atoms with E-state index in [2.05, 4.69) is 5.32 Å². The van der Waals surface area contributed by atoms with Gasteiger partial charge in [0.2, 0.25) is 0 Å². The lowest BCUT2D eigenvalue weighted by molar-refractivity contribution is -0.120. The molecule has 29 heavy (non-hydrogen) atoms. The van der Waals surface area contributed by atoms with Gasteiger partial charge < -0.3 is 10.1 Å². The Hall–Kier alpha value is -3.12. The number of carbonyl (C=O) groups excluding carboxylic acids is 3. The molecule has 0 spiro atoms. The topological polar surface area (TPSA) is 75.7 Å². The van der Waals surface area contributed by atoms with Gasteiger partial charge in [0.25, 0.3) is 17.7 Å². The van der Waals surface area contributed by atoms with Crippen molar-refractivity contribution in [2.45, 2.75) is 19.3 Å². The molecule has 0 aromatic heterocycles. The molecule has 1 aliphatic carbocycles. The molecule has 1 aliphatic heterocycles. The predicted octanol–water partition coefficient (Wildman–Crippen LogP) is 4.11. The van der Waals surface area contributed by atoms with Crippen molar-refractivity contribution < 1.29 is 19.1 Å². The summed E-state index contributed by atoms with van der Waals surface area (Å²) in [6.45, 7) is 0. The van der Waals surface area contributed by atoms with E-state index in [-0.39, 0.29) is 22.8 Å². The van der Waals surface area contributed by atoms with Crippen molar-refractivity contribution in [3.8, 4) is 5.75 Å². The Morgan fingerprint density at radius 1 is 1.07 bits per heavy atom. The second-order valence-electron chi connectivity index (χ2n) is 7.00. The van der Waals surface area contributed by atoms with Crippen LogP contribution in [0.2, 0.25) is 0 Å². The van der Waals surface area contributed by atoms with Crippen LogP contribution < -0.4 is 15.0 Å². The number of nitrogens with zero attached hydrogens (tertiary/aromatic N) is 1. The Morgan fingerprint density at radius 3 is 2.38 bits per heavy atom. The van der Waals surface area contributed by atoms with Crippen LogP contribution in [-0.4, -0.2) is 24.8 Å². The van der Waals surface area contributed by atoms with E-state index in [4.69, 9.17) is 16.3 Å². The molecular weight excluding hydrogens is 392 g/mol. The lowest BCUT2D eigenvalue weighted by atomic mass is 9.79. The maximum absolute atomic E-state index is 12.8. The molecule has 1 fully saturated rings. The fourth-order valence-corrected chi connectivity index (χ4v) is 3.83. The smallest absolute Gasteiger partial charge is 0.277 e. The average Bonchev–Trinajstić information content (AvgIpc) is 2.91. The van der Waals surface area contributed by atoms with Crippen LogP contribution in [0.3, 0.4) is 0 Å². The second-order valence-corrected chi connectivity index (χ2v) is 7.38. The lowest BCUT2D eigenvalue weighted by Crippen LogP contribution is -2.33. The summed E-state index contributed by atoms with van der Waals surface area (Å²) in [4.78, 5) is 38.9. The first-order valence-electron chi connectivity index (χ1n) is 9.34. The molecule has 0 saturated heterocycles. The van der Waals surface area contributed by atoms with Gasteiger partial charge in [0.15, 0.2) is 0 Å². The number of ether oxygens (including phenoxy) is 1. The third-order valence-electron chi connectivity index (χ3n) is 5.32. The van der Waals surface area contributed by atoms with E-state index in [1.165, 1.54) is 7.11 Å². The van der Waals surface area contributed by atoms with Crippen LogP contribution in [0, 0.1) is 5.92 Å². The highest BCUT2D eigenvalue weighted by atomic mass is 35.5. The largest absolute Gasteiger partial charge is 0.495 e. The normalized spacial score (nSPS) is 16.8. The van der Waals surface area contributed by atoms with E-state index in [1.807, 2.05) is 6.07 Å². The molecule has 2 aromatic rings. The van der Waals surface area contributed by atoms with Crippen molar-refractivity contribution in [3.63, 3.8) is 0 Å². The number of amides is 3. The van der Waals surface area contributed by atoms with Gasteiger partial charge in [-0.3, -0.25) is 14.4 Å². The Kier molecular flexibility index (Phi) is 5.11. The van der Waals surface area contributed by atoms with Gasteiger partial charge in [0.1, 0.15) is 10.8 Å². The van der Waals surface area contributed by atoms with Gasteiger partial charge >= 0.3 is 0 Å². The van der Waals surface area contributed by atoms with Gasteiger partial charge in [-0.25, -0.2) is 4.90 Å². The molecule has 4 rings (SSSR count). The summed E-state index contributed by atoms with van der Waals surface area (Å²) in [6, 6.07) is 13.4. The van der Waals surface area contributed by atoms with E-state index in [1.54, 1.807) is 42.5 Å². The van der Waals surface area contributed by atoms with Gasteiger partial charge in [-0.2, -0.15) is 0 Å². The molecule has 0 unspecified atom stereocenters. The highest BCUT2D eigenvalue weighted by Crippen LogP contribution is 2.41. The minimum atomic E-state index is -0.509. The molecule has 2 aromatic carbocycles. The molecule has 6 nitrogen and oxygen atoms in total. The third-order valence-corrected chi connectivity index (χ3v) is 5.68. The molecule has 3 amide bonds. The number of carbonyl (C=O) groups is 3. The van der Waals surface area contributed by atoms with E-state index in [0.29, 0.717) is 28.3 Å². The molecule has 1 saturated carbocycles. The zero-order valence-corrected chi connectivity index (χ0v) is 16.5.